The van der Waals surface area contributed by atoms with Gasteiger partial charge in [-0.3, -0.25) is 0 Å². The van der Waals surface area contributed by atoms with Crippen LogP contribution in [0.15, 0.2) is 18.2 Å². The molecular weight excluding hydrogens is 293 g/mol. The fraction of sp³-hybridized carbons (Fsp3) is 0.625. The Morgan fingerprint density at radius 3 is 2.60 bits per heavy atom. The summed E-state index contributed by atoms with van der Waals surface area (Å²) in [5.74, 6) is 0.771. The summed E-state index contributed by atoms with van der Waals surface area (Å²) in [7, 11) is 0. The van der Waals surface area contributed by atoms with Gasteiger partial charge in [0.15, 0.2) is 0 Å². The number of benzene rings is 1. The molecule has 20 heavy (non-hydrogen) atoms. The van der Waals surface area contributed by atoms with Gasteiger partial charge in [-0.2, -0.15) is 11.8 Å². The van der Waals surface area contributed by atoms with Crippen LogP contribution in [0.1, 0.15) is 39.7 Å². The molecule has 0 aromatic heterocycles. The van der Waals surface area contributed by atoms with Gasteiger partial charge in [0.25, 0.3) is 0 Å². The summed E-state index contributed by atoms with van der Waals surface area (Å²) in [4.78, 5) is 0. The topological polar surface area (TPSA) is 12.0 Å². The van der Waals surface area contributed by atoms with Gasteiger partial charge in [-0.05, 0) is 37.1 Å². The minimum atomic E-state index is -0.207. The van der Waals surface area contributed by atoms with E-state index < -0.39 is 0 Å². The van der Waals surface area contributed by atoms with Crippen molar-refractivity contribution in [1.29, 1.82) is 0 Å². The van der Waals surface area contributed by atoms with Crippen LogP contribution >= 0.6 is 23.4 Å². The number of hydrogen-bond donors (Lipinski definition) is 1. The lowest BCUT2D eigenvalue weighted by Crippen LogP contribution is -2.35. The first-order valence-electron chi connectivity index (χ1n) is 7.13. The quantitative estimate of drug-likeness (QED) is 0.766. The van der Waals surface area contributed by atoms with Crippen LogP contribution in [-0.4, -0.2) is 23.1 Å². The standard InChI is InChI=1S/C16H25ClFNS/c1-5-8-19-14(11-20-16(2,3)4)9-12-6-7-13(17)10-15(12)18/h6-7,10,14,19H,5,8-9,11H2,1-4H3. The van der Waals surface area contributed by atoms with E-state index in [4.69, 9.17) is 11.6 Å². The SMILES string of the molecule is CCCNC(CSC(C)(C)C)Cc1ccc(Cl)cc1F. The monoisotopic (exact) mass is 317 g/mol. The molecule has 1 aromatic rings. The summed E-state index contributed by atoms with van der Waals surface area (Å²) >= 11 is 7.71. The van der Waals surface area contributed by atoms with Crippen LogP contribution in [0.25, 0.3) is 0 Å². The highest BCUT2D eigenvalue weighted by Crippen LogP contribution is 2.25. The fourth-order valence-corrected chi connectivity index (χ4v) is 2.94. The molecule has 1 N–H and O–H groups in total. The van der Waals surface area contributed by atoms with E-state index in [1.54, 1.807) is 12.1 Å². The van der Waals surface area contributed by atoms with Gasteiger partial charge in [-0.15, -0.1) is 0 Å². The normalized spacial score (nSPS) is 13.5. The molecule has 1 nitrogen and oxygen atoms in total. The summed E-state index contributed by atoms with van der Waals surface area (Å²) in [6.45, 7) is 9.72. The number of hydrogen-bond acceptors (Lipinski definition) is 2. The van der Waals surface area contributed by atoms with Crippen molar-refractivity contribution >= 4 is 23.4 Å². The Morgan fingerprint density at radius 2 is 2.05 bits per heavy atom. The number of rotatable bonds is 7. The smallest absolute Gasteiger partial charge is 0.127 e. The average molecular weight is 318 g/mol. The Morgan fingerprint density at radius 1 is 1.35 bits per heavy atom. The lowest BCUT2D eigenvalue weighted by Gasteiger charge is -2.24. The third-order valence-corrected chi connectivity index (χ3v) is 4.55. The van der Waals surface area contributed by atoms with Crippen molar-refractivity contribution < 1.29 is 4.39 Å². The molecular formula is C16H25ClFNS. The van der Waals surface area contributed by atoms with E-state index in [1.165, 1.54) is 6.07 Å². The molecule has 0 spiro atoms. The molecule has 1 atom stereocenters. The predicted octanol–water partition coefficient (Wildman–Crippen LogP) is 4.92. The maximum Gasteiger partial charge on any atom is 0.127 e. The molecule has 0 aliphatic heterocycles. The van der Waals surface area contributed by atoms with Gasteiger partial charge in [0.2, 0.25) is 0 Å². The van der Waals surface area contributed by atoms with E-state index in [2.05, 4.69) is 33.0 Å². The predicted molar refractivity (Wildman–Crippen MR) is 89.4 cm³/mol. The minimum Gasteiger partial charge on any atom is -0.313 e. The highest BCUT2D eigenvalue weighted by atomic mass is 35.5. The first-order chi connectivity index (χ1) is 9.31. The Bertz CT molecular complexity index is 417. The molecule has 0 saturated carbocycles. The van der Waals surface area contributed by atoms with Crippen LogP contribution in [-0.2, 0) is 6.42 Å². The van der Waals surface area contributed by atoms with Crippen LogP contribution in [0.2, 0.25) is 5.02 Å². The van der Waals surface area contributed by atoms with Gasteiger partial charge in [0.05, 0.1) is 0 Å². The highest BCUT2D eigenvalue weighted by molar-refractivity contribution is 8.00. The van der Waals surface area contributed by atoms with Crippen molar-refractivity contribution in [1.82, 2.24) is 5.32 Å². The van der Waals surface area contributed by atoms with E-state index in [9.17, 15) is 4.39 Å². The van der Waals surface area contributed by atoms with Gasteiger partial charge in [-0.1, -0.05) is 45.4 Å². The molecule has 4 heteroatoms. The molecule has 0 fully saturated rings. The molecule has 0 aliphatic rings. The Kier molecular flexibility index (Phi) is 7.35. The van der Waals surface area contributed by atoms with Crippen LogP contribution < -0.4 is 5.32 Å². The molecule has 0 amide bonds. The van der Waals surface area contributed by atoms with E-state index in [1.807, 2.05) is 11.8 Å². The maximum atomic E-state index is 13.9. The molecule has 1 unspecified atom stereocenters. The second-order valence-corrected chi connectivity index (χ2v) is 8.30. The van der Waals surface area contributed by atoms with Gasteiger partial charge < -0.3 is 5.32 Å². The summed E-state index contributed by atoms with van der Waals surface area (Å²) in [6, 6.07) is 5.23. The van der Waals surface area contributed by atoms with Crippen LogP contribution in [0.4, 0.5) is 4.39 Å². The molecule has 0 radical (unpaired) electrons. The number of nitrogens with one attached hydrogen (secondary N) is 1. The largest absolute Gasteiger partial charge is 0.313 e. The summed E-state index contributed by atoms with van der Waals surface area (Å²) in [5.41, 5.74) is 0.734. The van der Waals surface area contributed by atoms with E-state index in [0.29, 0.717) is 11.4 Å². The molecule has 0 aliphatic carbocycles. The van der Waals surface area contributed by atoms with Crippen molar-refractivity contribution in [3.63, 3.8) is 0 Å². The molecule has 0 heterocycles. The second kappa shape index (κ2) is 8.26. The summed E-state index contributed by atoms with van der Waals surface area (Å²) in [5, 5.41) is 3.96. The Balaban J connectivity index is 2.67. The third-order valence-electron chi connectivity index (χ3n) is 2.88. The lowest BCUT2D eigenvalue weighted by molar-refractivity contribution is 0.529. The highest BCUT2D eigenvalue weighted by Gasteiger charge is 2.17. The third kappa shape index (κ3) is 6.96. The van der Waals surface area contributed by atoms with Crippen molar-refractivity contribution in [3.8, 4) is 0 Å². The maximum absolute atomic E-state index is 13.9. The van der Waals surface area contributed by atoms with Gasteiger partial charge in [0, 0.05) is 21.6 Å². The van der Waals surface area contributed by atoms with Crippen LogP contribution in [0.5, 0.6) is 0 Å². The van der Waals surface area contributed by atoms with E-state index in [0.717, 1.165) is 24.3 Å². The zero-order chi connectivity index (χ0) is 15.2. The molecule has 1 rings (SSSR count). The molecule has 1 aromatic carbocycles. The van der Waals surface area contributed by atoms with Crippen LogP contribution in [0, 0.1) is 5.82 Å². The first-order valence-corrected chi connectivity index (χ1v) is 8.49. The average Bonchev–Trinajstić information content (AvgIpc) is 2.34. The van der Waals surface area contributed by atoms with Gasteiger partial charge >= 0.3 is 0 Å². The summed E-state index contributed by atoms with van der Waals surface area (Å²) < 4.78 is 14.1. The fourth-order valence-electron chi connectivity index (χ4n) is 1.84. The Hall–Kier alpha value is -0.250. The van der Waals surface area contributed by atoms with Gasteiger partial charge in [0.1, 0.15) is 5.82 Å². The lowest BCUT2D eigenvalue weighted by atomic mass is 10.1. The van der Waals surface area contributed by atoms with Crippen LogP contribution in [0.3, 0.4) is 0 Å². The molecule has 114 valence electrons. The Labute approximate surface area is 131 Å². The minimum absolute atomic E-state index is 0.207. The molecule has 0 bridgehead atoms. The summed E-state index contributed by atoms with van der Waals surface area (Å²) in [6.07, 6.45) is 1.78. The van der Waals surface area contributed by atoms with Crippen molar-refractivity contribution in [2.75, 3.05) is 12.3 Å². The van der Waals surface area contributed by atoms with Crippen molar-refractivity contribution in [2.45, 2.75) is 51.3 Å². The molecule has 0 saturated heterocycles. The van der Waals surface area contributed by atoms with Crippen molar-refractivity contribution in [3.05, 3.63) is 34.6 Å². The zero-order valence-corrected chi connectivity index (χ0v) is 14.4. The van der Waals surface area contributed by atoms with E-state index in [-0.39, 0.29) is 16.6 Å². The second-order valence-electron chi connectivity index (χ2n) is 6.01. The van der Waals surface area contributed by atoms with E-state index >= 15 is 0 Å². The number of thioether (sulfide) groups is 1. The zero-order valence-electron chi connectivity index (χ0n) is 12.8. The first kappa shape index (κ1) is 17.8. The number of halogens is 2. The van der Waals surface area contributed by atoms with Crippen molar-refractivity contribution in [2.24, 2.45) is 0 Å². The van der Waals surface area contributed by atoms with Gasteiger partial charge in [-0.25, -0.2) is 4.39 Å².